The monoisotopic (exact) mass is 265 g/mol. The van der Waals surface area contributed by atoms with Crippen molar-refractivity contribution in [3.8, 4) is 0 Å². The minimum Gasteiger partial charge on any atom is -0.347 e. The molecule has 3 saturated heterocycles. The van der Waals surface area contributed by atoms with Crippen molar-refractivity contribution in [1.82, 2.24) is 5.06 Å². The van der Waals surface area contributed by atoms with Crippen molar-refractivity contribution >= 4 is 0 Å². The molecule has 4 rings (SSSR count). The molecule has 3 aliphatic heterocycles. The second-order valence-corrected chi connectivity index (χ2v) is 6.37. The van der Waals surface area contributed by atoms with Gasteiger partial charge >= 0.3 is 0 Å². The van der Waals surface area contributed by atoms with Gasteiger partial charge in [0.05, 0.1) is 24.8 Å². The zero-order chi connectivity index (χ0) is 12.9. The lowest BCUT2D eigenvalue weighted by molar-refractivity contribution is -0.203. The molecule has 5 atom stereocenters. The Labute approximate surface area is 114 Å². The largest absolute Gasteiger partial charge is 0.347 e. The number of nitrogens with zero attached hydrogens (tertiary/aromatic N) is 1. The van der Waals surface area contributed by atoms with Crippen LogP contribution in [-0.4, -0.2) is 41.7 Å². The van der Waals surface area contributed by atoms with Crippen LogP contribution < -0.4 is 0 Å². The maximum Gasteiger partial charge on any atom is 0.168 e. The Morgan fingerprint density at radius 2 is 2.00 bits per heavy atom. The lowest BCUT2D eigenvalue weighted by Crippen LogP contribution is -2.46. The van der Waals surface area contributed by atoms with Crippen molar-refractivity contribution in [2.45, 2.75) is 75.0 Å². The van der Waals surface area contributed by atoms with Gasteiger partial charge in [-0.05, 0) is 25.7 Å². The Morgan fingerprint density at radius 1 is 1.16 bits per heavy atom. The first-order valence-corrected chi connectivity index (χ1v) is 7.69. The van der Waals surface area contributed by atoms with Gasteiger partial charge in [-0.2, -0.15) is 5.06 Å². The van der Waals surface area contributed by atoms with E-state index in [4.69, 9.17) is 14.3 Å². The van der Waals surface area contributed by atoms with Gasteiger partial charge in [0.2, 0.25) is 0 Å². The SMILES string of the molecule is C=C[C@@H]1C[C@H]2C[C@H]([C@H]3COC4(CCCCC4)O3)N1O2. The van der Waals surface area contributed by atoms with Crippen LogP contribution in [0.4, 0.5) is 0 Å². The normalized spacial score (nSPS) is 47.9. The lowest BCUT2D eigenvalue weighted by atomic mass is 9.93. The Hall–Kier alpha value is -0.420. The molecule has 4 aliphatic rings. The molecule has 4 fully saturated rings. The molecular formula is C15H23NO3. The van der Waals surface area contributed by atoms with E-state index in [1.807, 2.05) is 6.08 Å². The van der Waals surface area contributed by atoms with Gasteiger partial charge in [0.15, 0.2) is 5.79 Å². The van der Waals surface area contributed by atoms with Crippen molar-refractivity contribution in [2.75, 3.05) is 6.61 Å². The van der Waals surface area contributed by atoms with Gasteiger partial charge < -0.3 is 9.47 Å². The van der Waals surface area contributed by atoms with Crippen LogP contribution in [0.3, 0.4) is 0 Å². The number of ether oxygens (including phenoxy) is 2. The van der Waals surface area contributed by atoms with Crippen LogP contribution >= 0.6 is 0 Å². The van der Waals surface area contributed by atoms with Crippen molar-refractivity contribution in [1.29, 1.82) is 0 Å². The van der Waals surface area contributed by atoms with Gasteiger partial charge in [0, 0.05) is 12.8 Å². The predicted octanol–water partition coefficient (Wildman–Crippen LogP) is 2.40. The highest BCUT2D eigenvalue weighted by Gasteiger charge is 2.53. The minimum atomic E-state index is -0.268. The molecule has 0 aromatic heterocycles. The van der Waals surface area contributed by atoms with E-state index in [9.17, 15) is 0 Å². The number of hydroxylamine groups is 2. The van der Waals surface area contributed by atoms with Crippen molar-refractivity contribution in [2.24, 2.45) is 0 Å². The van der Waals surface area contributed by atoms with E-state index >= 15 is 0 Å². The third-order valence-electron chi connectivity index (χ3n) is 5.13. The Bertz CT molecular complexity index is 366. The fourth-order valence-electron chi connectivity index (χ4n) is 4.14. The summed E-state index contributed by atoms with van der Waals surface area (Å²) in [5, 5.41) is 2.12. The van der Waals surface area contributed by atoms with E-state index in [0.717, 1.165) is 32.3 Å². The molecule has 1 aliphatic carbocycles. The van der Waals surface area contributed by atoms with Gasteiger partial charge in [-0.1, -0.05) is 12.5 Å². The molecule has 2 bridgehead atoms. The summed E-state index contributed by atoms with van der Waals surface area (Å²) in [6.45, 7) is 4.64. The molecular weight excluding hydrogens is 242 g/mol. The minimum absolute atomic E-state index is 0.172. The highest BCUT2D eigenvalue weighted by molar-refractivity contribution is 5.02. The van der Waals surface area contributed by atoms with E-state index in [0.29, 0.717) is 18.2 Å². The number of piperidine rings is 1. The molecule has 1 spiro atoms. The molecule has 1 unspecified atom stereocenters. The van der Waals surface area contributed by atoms with Crippen molar-refractivity contribution < 1.29 is 14.3 Å². The number of fused-ring (bicyclic) bond motifs is 2. The van der Waals surface area contributed by atoms with Crippen molar-refractivity contribution in [3.05, 3.63) is 12.7 Å². The zero-order valence-electron chi connectivity index (χ0n) is 11.4. The molecule has 0 N–H and O–H groups in total. The highest BCUT2D eigenvalue weighted by atomic mass is 16.8. The number of rotatable bonds is 2. The predicted molar refractivity (Wildman–Crippen MR) is 70.4 cm³/mol. The maximum absolute atomic E-state index is 6.34. The summed E-state index contributed by atoms with van der Waals surface area (Å²) in [6.07, 6.45) is 10.6. The first-order valence-electron chi connectivity index (χ1n) is 7.69. The summed E-state index contributed by atoms with van der Waals surface area (Å²) >= 11 is 0. The molecule has 19 heavy (non-hydrogen) atoms. The summed E-state index contributed by atoms with van der Waals surface area (Å²) in [5.74, 6) is -0.268. The quantitative estimate of drug-likeness (QED) is 0.717. The van der Waals surface area contributed by atoms with E-state index < -0.39 is 0 Å². The lowest BCUT2D eigenvalue weighted by Gasteiger charge is -2.34. The second-order valence-electron chi connectivity index (χ2n) is 6.37. The molecule has 0 aromatic carbocycles. The fraction of sp³-hybridized carbons (Fsp3) is 0.867. The third-order valence-corrected chi connectivity index (χ3v) is 5.13. The maximum atomic E-state index is 6.34. The van der Waals surface area contributed by atoms with Crippen LogP contribution in [0.1, 0.15) is 44.9 Å². The molecule has 1 saturated carbocycles. The van der Waals surface area contributed by atoms with Gasteiger partial charge in [-0.15, -0.1) is 6.58 Å². The zero-order valence-corrected chi connectivity index (χ0v) is 11.4. The van der Waals surface area contributed by atoms with Gasteiger partial charge in [0.25, 0.3) is 0 Å². The van der Waals surface area contributed by atoms with Crippen LogP contribution in [0, 0.1) is 0 Å². The Morgan fingerprint density at radius 3 is 2.74 bits per heavy atom. The first kappa shape index (κ1) is 12.3. The molecule has 0 amide bonds. The van der Waals surface area contributed by atoms with Gasteiger partial charge in [-0.3, -0.25) is 4.84 Å². The fourth-order valence-corrected chi connectivity index (χ4v) is 4.14. The van der Waals surface area contributed by atoms with E-state index in [2.05, 4.69) is 11.6 Å². The molecule has 0 aromatic rings. The Balaban J connectivity index is 1.45. The molecule has 3 heterocycles. The summed E-state index contributed by atoms with van der Waals surface area (Å²) in [7, 11) is 0. The number of hydrogen-bond acceptors (Lipinski definition) is 4. The summed E-state index contributed by atoms with van der Waals surface area (Å²) < 4.78 is 12.4. The van der Waals surface area contributed by atoms with E-state index in [1.54, 1.807) is 0 Å². The van der Waals surface area contributed by atoms with Gasteiger partial charge in [-0.25, -0.2) is 0 Å². The Kier molecular flexibility index (Phi) is 2.95. The molecule has 0 radical (unpaired) electrons. The van der Waals surface area contributed by atoms with E-state index in [-0.39, 0.29) is 11.9 Å². The average Bonchev–Trinajstić information content (AvgIpc) is 3.13. The third kappa shape index (κ3) is 1.97. The van der Waals surface area contributed by atoms with Crippen molar-refractivity contribution in [3.63, 3.8) is 0 Å². The smallest absolute Gasteiger partial charge is 0.168 e. The molecule has 4 heteroatoms. The number of hydrogen-bond donors (Lipinski definition) is 0. The molecule has 106 valence electrons. The van der Waals surface area contributed by atoms with Crippen LogP contribution in [0.2, 0.25) is 0 Å². The van der Waals surface area contributed by atoms with Crippen LogP contribution in [0.5, 0.6) is 0 Å². The van der Waals surface area contributed by atoms with E-state index in [1.165, 1.54) is 19.3 Å². The topological polar surface area (TPSA) is 30.9 Å². The summed E-state index contributed by atoms with van der Waals surface area (Å²) in [4.78, 5) is 5.90. The molecule has 4 nitrogen and oxygen atoms in total. The second kappa shape index (κ2) is 4.55. The highest BCUT2D eigenvalue weighted by Crippen LogP contribution is 2.44. The summed E-state index contributed by atoms with van der Waals surface area (Å²) in [5.41, 5.74) is 0. The van der Waals surface area contributed by atoms with Crippen LogP contribution in [0.25, 0.3) is 0 Å². The average molecular weight is 265 g/mol. The standard InChI is InChI=1S/C15H23NO3/c1-2-11-8-12-9-13(16(11)19-12)14-10-17-15(18-14)6-4-3-5-7-15/h2,11-14H,1,3-10H2/t11-,12+,13-,14-/m1/s1. The summed E-state index contributed by atoms with van der Waals surface area (Å²) in [6, 6.07) is 0.707. The first-order chi connectivity index (χ1) is 9.30. The van der Waals surface area contributed by atoms with Gasteiger partial charge in [0.1, 0.15) is 6.10 Å². The van der Waals surface area contributed by atoms with Crippen LogP contribution in [0.15, 0.2) is 12.7 Å². The van der Waals surface area contributed by atoms with Crippen LogP contribution in [-0.2, 0) is 14.3 Å².